The lowest BCUT2D eigenvalue weighted by molar-refractivity contribution is -0.148. The van der Waals surface area contributed by atoms with Crippen molar-refractivity contribution in [1.29, 1.82) is 0 Å². The summed E-state index contributed by atoms with van der Waals surface area (Å²) >= 11 is 0. The van der Waals surface area contributed by atoms with Gasteiger partial charge in [0.25, 0.3) is 10.1 Å². The summed E-state index contributed by atoms with van der Waals surface area (Å²) < 4.78 is 45.9. The molecule has 0 spiro atoms. The minimum absolute atomic E-state index is 0.0127. The predicted molar refractivity (Wildman–Crippen MR) is 124 cm³/mol. The summed E-state index contributed by atoms with van der Waals surface area (Å²) in [6, 6.07) is -1.62. The fourth-order valence-electron chi connectivity index (χ4n) is 4.57. The van der Waals surface area contributed by atoms with Gasteiger partial charge in [-0.25, -0.2) is 4.79 Å². The van der Waals surface area contributed by atoms with E-state index in [1.165, 1.54) is 21.1 Å². The smallest absolute Gasteiger partial charge is 0.407 e. The zero-order valence-corrected chi connectivity index (χ0v) is 22.4. The number of hydrogen-bond donors (Lipinski definition) is 2. The maximum Gasteiger partial charge on any atom is 0.407 e. The third-order valence-electron chi connectivity index (χ3n) is 5.85. The van der Waals surface area contributed by atoms with E-state index in [1.807, 2.05) is 6.92 Å². The number of carbonyl (C=O) groups excluding carboxylic acids is 3. The largest absolute Gasteiger partial charge is 0.469 e. The Bertz CT molecular complexity index is 840. The highest BCUT2D eigenvalue weighted by atomic mass is 32.2. The Morgan fingerprint density at radius 3 is 2.12 bits per heavy atom. The Morgan fingerprint density at radius 2 is 1.71 bits per heavy atom. The van der Waals surface area contributed by atoms with Crippen LogP contribution in [0.5, 0.6) is 0 Å². The number of amides is 2. The molecule has 0 aromatic heterocycles. The maximum atomic E-state index is 12.7. The van der Waals surface area contributed by atoms with Crippen LogP contribution in [0.4, 0.5) is 4.79 Å². The van der Waals surface area contributed by atoms with Gasteiger partial charge in [-0.3, -0.25) is 13.8 Å². The molecular weight excluding hydrogens is 468 g/mol. The van der Waals surface area contributed by atoms with Crippen LogP contribution < -0.4 is 10.6 Å². The first-order valence-electron chi connectivity index (χ1n) is 11.3. The van der Waals surface area contributed by atoms with E-state index in [-0.39, 0.29) is 12.3 Å². The van der Waals surface area contributed by atoms with Gasteiger partial charge >= 0.3 is 12.1 Å². The minimum atomic E-state index is -4.03. The molecule has 0 unspecified atom stereocenters. The number of rotatable bonds is 10. The van der Waals surface area contributed by atoms with Gasteiger partial charge in [0, 0.05) is 26.0 Å². The lowest BCUT2D eigenvalue weighted by Gasteiger charge is -2.43. The summed E-state index contributed by atoms with van der Waals surface area (Å²) in [6.45, 7) is 10.2. The van der Waals surface area contributed by atoms with E-state index in [1.54, 1.807) is 27.7 Å². The van der Waals surface area contributed by atoms with Gasteiger partial charge in [-0.1, -0.05) is 13.3 Å². The molecule has 0 saturated heterocycles. The predicted octanol–water partition coefficient (Wildman–Crippen LogP) is 1.74. The Hall–Kier alpha value is -1.92. The minimum Gasteiger partial charge on any atom is -0.469 e. The third kappa shape index (κ3) is 8.38. The molecule has 0 aromatic rings. The molecule has 198 valence electrons. The fourth-order valence-corrected chi connectivity index (χ4v) is 5.23. The molecular formula is C22H40N2O9S. The van der Waals surface area contributed by atoms with Crippen LogP contribution in [0.15, 0.2) is 0 Å². The van der Waals surface area contributed by atoms with Crippen molar-refractivity contribution in [2.75, 3.05) is 20.5 Å². The molecule has 11 nitrogen and oxygen atoms in total. The van der Waals surface area contributed by atoms with Crippen molar-refractivity contribution >= 4 is 28.1 Å². The van der Waals surface area contributed by atoms with Crippen molar-refractivity contribution in [3.05, 3.63) is 0 Å². The molecule has 0 heterocycles. The molecule has 0 aromatic carbocycles. The summed E-state index contributed by atoms with van der Waals surface area (Å²) in [5, 5.41) is 5.61. The van der Waals surface area contributed by atoms with Gasteiger partial charge in [-0.2, -0.15) is 8.42 Å². The Balaban J connectivity index is 3.66. The molecule has 0 aliphatic heterocycles. The number of alkyl carbamates (subject to hydrolysis) is 1. The molecule has 6 atom stereocenters. The van der Waals surface area contributed by atoms with Gasteiger partial charge in [0.2, 0.25) is 5.91 Å². The van der Waals surface area contributed by atoms with Crippen LogP contribution in [0, 0.1) is 11.8 Å². The average molecular weight is 509 g/mol. The number of esters is 1. The van der Waals surface area contributed by atoms with Crippen molar-refractivity contribution in [1.82, 2.24) is 10.6 Å². The van der Waals surface area contributed by atoms with E-state index in [0.29, 0.717) is 12.8 Å². The first kappa shape index (κ1) is 30.1. The molecule has 1 aliphatic rings. The van der Waals surface area contributed by atoms with Gasteiger partial charge in [0.1, 0.15) is 5.60 Å². The van der Waals surface area contributed by atoms with Crippen LogP contribution in [0.1, 0.15) is 60.8 Å². The maximum absolute atomic E-state index is 12.7. The van der Waals surface area contributed by atoms with Gasteiger partial charge in [-0.15, -0.1) is 0 Å². The van der Waals surface area contributed by atoms with E-state index in [9.17, 15) is 22.8 Å². The third-order valence-corrected chi connectivity index (χ3v) is 6.43. The molecule has 1 fully saturated rings. The number of methoxy groups -OCH3 is 2. The molecule has 1 saturated carbocycles. The van der Waals surface area contributed by atoms with E-state index in [2.05, 4.69) is 10.6 Å². The average Bonchev–Trinajstić information content (AvgIpc) is 2.99. The lowest BCUT2D eigenvalue weighted by Crippen LogP contribution is -2.61. The number of nitrogens with one attached hydrogen (secondary N) is 2. The summed E-state index contributed by atoms with van der Waals surface area (Å²) in [6.07, 6.45) is 0.0992. The van der Waals surface area contributed by atoms with Gasteiger partial charge in [0.15, 0.2) is 0 Å². The first-order chi connectivity index (χ1) is 15.5. The first-order valence-corrected chi connectivity index (χ1v) is 13.1. The highest BCUT2D eigenvalue weighted by Crippen LogP contribution is 2.42. The van der Waals surface area contributed by atoms with Gasteiger partial charge in [-0.05, 0) is 40.5 Å². The van der Waals surface area contributed by atoms with Crippen molar-refractivity contribution in [2.24, 2.45) is 11.8 Å². The van der Waals surface area contributed by atoms with Crippen LogP contribution >= 0.6 is 0 Å². The second-order valence-corrected chi connectivity index (χ2v) is 11.5. The fraction of sp³-hybridized carbons (Fsp3) is 0.864. The Kier molecular flexibility index (Phi) is 10.3. The summed E-state index contributed by atoms with van der Waals surface area (Å²) in [4.78, 5) is 37.5. The highest BCUT2D eigenvalue weighted by Gasteiger charge is 2.57. The molecule has 34 heavy (non-hydrogen) atoms. The molecule has 2 amide bonds. The zero-order chi connectivity index (χ0) is 26.5. The van der Waals surface area contributed by atoms with Crippen LogP contribution in [-0.4, -0.2) is 76.3 Å². The lowest BCUT2D eigenvalue weighted by atomic mass is 9.78. The SMILES string of the molecule is CCC[C@](C)(OC)[C@H](NC(C)=O)[C@@H]1[C@H](OS(C)(=O)=O)[C@@H](C(=O)OC)C[C@H]1NC(=O)OC(C)(C)C. The molecule has 1 aliphatic carbocycles. The van der Waals surface area contributed by atoms with Crippen molar-refractivity contribution < 1.29 is 41.2 Å². The highest BCUT2D eigenvalue weighted by molar-refractivity contribution is 7.86. The summed E-state index contributed by atoms with van der Waals surface area (Å²) in [7, 11) is -1.36. The topological polar surface area (TPSA) is 146 Å². The second-order valence-electron chi connectivity index (χ2n) is 9.91. The molecule has 1 rings (SSSR count). The van der Waals surface area contributed by atoms with E-state index >= 15 is 0 Å². The van der Waals surface area contributed by atoms with E-state index < -0.39 is 63.4 Å². The van der Waals surface area contributed by atoms with Crippen molar-refractivity contribution in [3.63, 3.8) is 0 Å². The van der Waals surface area contributed by atoms with Crippen LogP contribution in [0.3, 0.4) is 0 Å². The van der Waals surface area contributed by atoms with E-state index in [0.717, 1.165) is 6.26 Å². The quantitative estimate of drug-likeness (QED) is 0.333. The zero-order valence-electron chi connectivity index (χ0n) is 21.6. The Morgan fingerprint density at radius 1 is 1.12 bits per heavy atom. The normalized spacial score (nSPS) is 25.7. The van der Waals surface area contributed by atoms with Crippen LogP contribution in [0.25, 0.3) is 0 Å². The summed E-state index contributed by atoms with van der Waals surface area (Å²) in [5.41, 5.74) is -1.76. The number of hydrogen-bond acceptors (Lipinski definition) is 9. The monoisotopic (exact) mass is 508 g/mol. The molecule has 0 bridgehead atoms. The summed E-state index contributed by atoms with van der Waals surface area (Å²) in [5.74, 6) is -2.97. The number of ether oxygens (including phenoxy) is 3. The molecule has 0 radical (unpaired) electrons. The molecule has 2 N–H and O–H groups in total. The number of carbonyl (C=O) groups is 3. The molecule has 12 heteroatoms. The van der Waals surface area contributed by atoms with E-state index in [4.69, 9.17) is 18.4 Å². The standard InChI is InChI=1S/C22H40N2O9S/c1-10-11-22(6,31-8)18(23-13(2)25)16-15(24-20(27)32-21(3,4)5)12-14(19(26)30-7)17(16)33-34(9,28)29/h14-18H,10-12H2,1-9H3,(H,23,25)(H,24,27)/t14-,15+,16-,17+,18+,22-/m0/s1. The van der Waals surface area contributed by atoms with Crippen molar-refractivity contribution in [3.8, 4) is 0 Å². The van der Waals surface area contributed by atoms with Gasteiger partial charge < -0.3 is 24.8 Å². The van der Waals surface area contributed by atoms with Crippen molar-refractivity contribution in [2.45, 2.75) is 90.2 Å². The van der Waals surface area contributed by atoms with Gasteiger partial charge in [0.05, 0.1) is 37.0 Å². The van der Waals surface area contributed by atoms with Crippen LogP contribution in [-0.2, 0) is 38.1 Å². The van der Waals surface area contributed by atoms with Crippen LogP contribution in [0.2, 0.25) is 0 Å². The second kappa shape index (κ2) is 11.7. The Labute approximate surface area is 202 Å².